The average molecular weight is 620 g/mol. The number of hydrogen-bond acceptors (Lipinski definition) is 2. The summed E-state index contributed by atoms with van der Waals surface area (Å²) in [6, 6.07) is 20.1. The third-order valence-corrected chi connectivity index (χ3v) is 11.1. The second-order valence-electron chi connectivity index (χ2n) is 14.0. The molecule has 8 aromatic rings. The summed E-state index contributed by atoms with van der Waals surface area (Å²) in [5.41, 5.74) is 5.37. The Morgan fingerprint density at radius 1 is 0.447 bits per heavy atom. The summed E-state index contributed by atoms with van der Waals surface area (Å²) in [4.78, 5) is 30.2. The maximum atomic E-state index is 15.1. The molecule has 3 nitrogen and oxygen atoms in total. The highest BCUT2D eigenvalue weighted by atomic mass is 16.2. The fourth-order valence-electron chi connectivity index (χ4n) is 8.75. The first kappa shape index (κ1) is 30.1. The normalized spacial score (nSPS) is 12.6. The predicted octanol–water partition coefficient (Wildman–Crippen LogP) is 11.2. The lowest BCUT2D eigenvalue weighted by Crippen LogP contribution is -2.26. The minimum atomic E-state index is -0.146. The van der Waals surface area contributed by atoms with E-state index in [1.165, 1.54) is 54.2 Å². The Morgan fingerprint density at radius 2 is 0.851 bits per heavy atom. The summed E-state index contributed by atoms with van der Waals surface area (Å²) in [6.07, 6.45) is 12.2. The fourth-order valence-corrected chi connectivity index (χ4v) is 8.75. The van der Waals surface area contributed by atoms with Crippen LogP contribution in [-0.2, 0) is 25.7 Å². The molecule has 47 heavy (non-hydrogen) atoms. The van der Waals surface area contributed by atoms with Crippen LogP contribution in [0.4, 0.5) is 0 Å². The zero-order valence-electron chi connectivity index (χ0n) is 28.4. The maximum Gasteiger partial charge on any atom is 0.266 e. The van der Waals surface area contributed by atoms with Crippen LogP contribution in [-0.4, -0.2) is 4.57 Å². The van der Waals surface area contributed by atoms with E-state index < -0.39 is 0 Å². The zero-order chi connectivity index (χ0) is 32.4. The van der Waals surface area contributed by atoms with Crippen molar-refractivity contribution in [1.82, 2.24) is 4.57 Å². The Morgan fingerprint density at radius 3 is 1.28 bits per heavy atom. The highest BCUT2D eigenvalue weighted by Crippen LogP contribution is 2.51. The van der Waals surface area contributed by atoms with E-state index in [1.807, 2.05) is 0 Å². The Hall–Kier alpha value is -4.24. The molecule has 0 amide bonds. The molecule has 0 N–H and O–H groups in total. The summed E-state index contributed by atoms with van der Waals surface area (Å²) >= 11 is 0. The number of para-hydroxylation sites is 1. The molecular formula is C44H45NO2. The molecule has 0 saturated carbocycles. The first-order valence-corrected chi connectivity index (χ1v) is 18.3. The number of unbranched alkanes of at least 4 members (excludes halogenated alkanes) is 4. The first-order chi connectivity index (χ1) is 23.0. The SMILES string of the molecule is CCCCc1cccc(CCCC)c1-n1c(=O)c2c3cc(CCCC)c4ccc5ccc6c(CCCC)cc(c2c1=O)c1c6c5c4c31. The quantitative estimate of drug-likeness (QED) is 0.120. The van der Waals surface area contributed by atoms with Gasteiger partial charge in [-0.2, -0.15) is 0 Å². The summed E-state index contributed by atoms with van der Waals surface area (Å²) in [6.45, 7) is 8.87. The molecule has 238 valence electrons. The minimum absolute atomic E-state index is 0.146. The molecule has 1 heterocycles. The van der Waals surface area contributed by atoms with Crippen LogP contribution < -0.4 is 11.1 Å². The maximum absolute atomic E-state index is 15.1. The third-order valence-electron chi connectivity index (χ3n) is 11.1. The molecule has 7 aromatic carbocycles. The van der Waals surface area contributed by atoms with Gasteiger partial charge in [0.25, 0.3) is 11.1 Å². The lowest BCUT2D eigenvalue weighted by molar-refractivity contribution is 0.765. The molecule has 0 aliphatic carbocycles. The van der Waals surface area contributed by atoms with Gasteiger partial charge in [0.05, 0.1) is 16.5 Å². The van der Waals surface area contributed by atoms with E-state index in [4.69, 9.17) is 0 Å². The van der Waals surface area contributed by atoms with Crippen molar-refractivity contribution in [2.45, 2.75) is 105 Å². The molecular weight excluding hydrogens is 574 g/mol. The summed E-state index contributed by atoms with van der Waals surface area (Å²) in [5.74, 6) is 0. The van der Waals surface area contributed by atoms with Gasteiger partial charge >= 0.3 is 0 Å². The van der Waals surface area contributed by atoms with Gasteiger partial charge in [0.2, 0.25) is 0 Å². The number of nitrogens with zero attached hydrogens (tertiary/aromatic N) is 1. The fraction of sp³-hybridized carbons (Fsp3) is 0.364. The van der Waals surface area contributed by atoms with E-state index >= 15 is 9.59 Å². The van der Waals surface area contributed by atoms with E-state index in [1.54, 1.807) is 4.57 Å². The number of fused-ring (bicyclic) bond motifs is 3. The number of aryl methyl sites for hydroxylation is 4. The van der Waals surface area contributed by atoms with Crippen molar-refractivity contribution in [2.75, 3.05) is 0 Å². The molecule has 0 atom stereocenters. The molecule has 0 radical (unpaired) electrons. The monoisotopic (exact) mass is 619 g/mol. The summed E-state index contributed by atoms with van der Waals surface area (Å²) in [7, 11) is 0. The topological polar surface area (TPSA) is 39.1 Å². The van der Waals surface area contributed by atoms with Crippen molar-refractivity contribution in [3.8, 4) is 5.69 Å². The largest absolute Gasteiger partial charge is 0.268 e. The van der Waals surface area contributed by atoms with Gasteiger partial charge in [-0.3, -0.25) is 9.59 Å². The number of hydrogen-bond donors (Lipinski definition) is 0. The van der Waals surface area contributed by atoms with E-state index in [9.17, 15) is 0 Å². The van der Waals surface area contributed by atoms with Crippen LogP contribution in [0.1, 0.15) is 101 Å². The molecule has 8 rings (SSSR count). The standard InChI is InChI=1S/C44H45NO2/c1-5-9-14-27-18-13-19-28(15-10-6-2)42(27)45-43(46)40-33-24-29(16-11-7-3)31-22-20-26-21-23-32-30(17-12-8-4)25-34(41(40)44(45)47)39-37(32)35(26)36(31)38(33)39/h13,18-25H,5-12,14-17H2,1-4H3. The van der Waals surface area contributed by atoms with Crippen LogP contribution >= 0.6 is 0 Å². The molecule has 1 aromatic heterocycles. The molecule has 0 unspecified atom stereocenters. The van der Waals surface area contributed by atoms with Gasteiger partial charge < -0.3 is 0 Å². The van der Waals surface area contributed by atoms with Crippen LogP contribution in [0.15, 0.2) is 64.2 Å². The van der Waals surface area contributed by atoms with Crippen LogP contribution in [0.2, 0.25) is 0 Å². The van der Waals surface area contributed by atoms with Crippen molar-refractivity contribution >= 4 is 64.6 Å². The molecule has 0 aliphatic heterocycles. The second-order valence-corrected chi connectivity index (χ2v) is 14.0. The van der Waals surface area contributed by atoms with Crippen molar-refractivity contribution in [3.05, 3.63) is 97.6 Å². The van der Waals surface area contributed by atoms with Gasteiger partial charge in [-0.1, -0.05) is 95.8 Å². The predicted molar refractivity (Wildman–Crippen MR) is 203 cm³/mol. The van der Waals surface area contributed by atoms with Gasteiger partial charge in [-0.05, 0) is 140 Å². The average Bonchev–Trinajstić information content (AvgIpc) is 3.58. The molecule has 3 heteroatoms. The van der Waals surface area contributed by atoms with Crippen molar-refractivity contribution in [1.29, 1.82) is 0 Å². The number of aromatic nitrogens is 1. The Balaban J connectivity index is 1.59. The zero-order valence-corrected chi connectivity index (χ0v) is 28.4. The third kappa shape index (κ3) is 4.31. The van der Waals surface area contributed by atoms with Crippen molar-refractivity contribution in [2.24, 2.45) is 0 Å². The van der Waals surface area contributed by atoms with Crippen molar-refractivity contribution < 1.29 is 0 Å². The summed E-state index contributed by atoms with van der Waals surface area (Å²) in [5, 5.41) is 13.3. The molecule has 0 aliphatic rings. The highest BCUT2D eigenvalue weighted by molar-refractivity contribution is 6.48. The Bertz CT molecular complexity index is 2340. The van der Waals surface area contributed by atoms with Crippen LogP contribution in [0.5, 0.6) is 0 Å². The second kappa shape index (κ2) is 11.8. The molecule has 0 spiro atoms. The Labute approximate surface area is 276 Å². The molecule has 0 saturated heterocycles. The first-order valence-electron chi connectivity index (χ1n) is 18.3. The lowest BCUT2D eigenvalue weighted by Gasteiger charge is -2.15. The minimum Gasteiger partial charge on any atom is -0.268 e. The van der Waals surface area contributed by atoms with E-state index in [0.29, 0.717) is 10.8 Å². The van der Waals surface area contributed by atoms with E-state index in [0.717, 1.165) is 105 Å². The highest BCUT2D eigenvalue weighted by Gasteiger charge is 2.29. The van der Waals surface area contributed by atoms with Gasteiger partial charge in [-0.15, -0.1) is 0 Å². The Kier molecular flexibility index (Phi) is 7.54. The van der Waals surface area contributed by atoms with Crippen LogP contribution in [0, 0.1) is 0 Å². The van der Waals surface area contributed by atoms with Gasteiger partial charge in [0, 0.05) is 0 Å². The summed E-state index contributed by atoms with van der Waals surface area (Å²) < 4.78 is 1.60. The van der Waals surface area contributed by atoms with Crippen molar-refractivity contribution in [3.63, 3.8) is 0 Å². The molecule has 0 bridgehead atoms. The lowest BCUT2D eigenvalue weighted by atomic mass is 9.90. The number of rotatable bonds is 13. The number of benzene rings is 6. The van der Waals surface area contributed by atoms with Crippen LogP contribution in [0.3, 0.4) is 0 Å². The van der Waals surface area contributed by atoms with Crippen LogP contribution in [0.25, 0.3) is 70.3 Å². The van der Waals surface area contributed by atoms with E-state index in [2.05, 4.69) is 82.3 Å². The van der Waals surface area contributed by atoms with Gasteiger partial charge in [0.15, 0.2) is 0 Å². The molecule has 0 fully saturated rings. The smallest absolute Gasteiger partial charge is 0.266 e. The van der Waals surface area contributed by atoms with Gasteiger partial charge in [-0.25, -0.2) is 4.57 Å². The van der Waals surface area contributed by atoms with E-state index in [-0.39, 0.29) is 11.1 Å². The van der Waals surface area contributed by atoms with Gasteiger partial charge in [0.1, 0.15) is 0 Å².